The van der Waals surface area contributed by atoms with E-state index in [9.17, 15) is 23.1 Å². The minimum Gasteiger partial charge on any atom is -0.545 e. The molecule has 3 saturated carbocycles. The molecule has 53 heavy (non-hydrogen) atoms. The lowest BCUT2D eigenvalue weighted by Gasteiger charge is -2.23. The maximum atomic E-state index is 12.0. The van der Waals surface area contributed by atoms with Gasteiger partial charge in [-0.05, 0) is 168 Å². The summed E-state index contributed by atoms with van der Waals surface area (Å²) >= 11 is 0. The Morgan fingerprint density at radius 2 is 0.792 bits per heavy atom. The molecule has 0 unspecified atom stereocenters. The zero-order valence-corrected chi connectivity index (χ0v) is 31.0. The van der Waals surface area contributed by atoms with Crippen LogP contribution in [-0.4, -0.2) is 24.3 Å². The fourth-order valence-electron chi connectivity index (χ4n) is 7.29. The normalized spacial score (nSPS) is 17.4. The first-order valence-electron chi connectivity index (χ1n) is 19.1. The van der Waals surface area contributed by atoms with Gasteiger partial charge in [-0.25, -0.2) is 0 Å². The van der Waals surface area contributed by atoms with Gasteiger partial charge in [0.15, 0.2) is 14.7 Å². The van der Waals surface area contributed by atoms with Crippen molar-refractivity contribution in [2.45, 2.75) is 135 Å². The van der Waals surface area contributed by atoms with Gasteiger partial charge < -0.3 is 24.1 Å². The summed E-state index contributed by atoms with van der Waals surface area (Å²) in [5.74, 6) is 1.48. The smallest absolute Gasteiger partial charge is 0.416 e. The van der Waals surface area contributed by atoms with E-state index in [2.05, 4.69) is 72.8 Å². The summed E-state index contributed by atoms with van der Waals surface area (Å²) < 4.78 is 54.9. The third-order valence-electron chi connectivity index (χ3n) is 10.2. The Morgan fingerprint density at radius 1 is 0.491 bits per heavy atom. The number of carbonyl (C=O) groups excluding carboxylic acids is 1. The number of rotatable bonds is 10. The van der Waals surface area contributed by atoms with Crippen LogP contribution in [0.25, 0.3) is 0 Å². The van der Waals surface area contributed by atoms with E-state index < -0.39 is 17.7 Å². The van der Waals surface area contributed by atoms with Gasteiger partial charge in [-0.15, -0.1) is 0 Å². The maximum absolute atomic E-state index is 12.0. The van der Waals surface area contributed by atoms with Crippen LogP contribution in [0.4, 0.5) is 13.2 Å². The number of carboxylic acids is 1. The number of hydrogen-bond acceptors (Lipinski definition) is 5. The number of carbonyl (C=O) groups is 1. The Balaban J connectivity index is 0.000000314. The average Bonchev–Trinajstić information content (AvgIpc) is 3.18. The second-order valence-corrected chi connectivity index (χ2v) is 16.2. The molecule has 0 aromatic heterocycles. The van der Waals surface area contributed by atoms with Crippen LogP contribution in [0.3, 0.4) is 0 Å². The quantitative estimate of drug-likeness (QED) is 0.151. The molecule has 4 aromatic rings. The van der Waals surface area contributed by atoms with Gasteiger partial charge in [-0.1, -0.05) is 31.4 Å². The van der Waals surface area contributed by atoms with Crippen molar-refractivity contribution in [2.75, 3.05) is 0 Å². The number of carboxylic acid groups (broad SMARTS) is 1. The van der Waals surface area contributed by atoms with Gasteiger partial charge in [0.1, 0.15) is 17.2 Å². The molecule has 0 atom stereocenters. The van der Waals surface area contributed by atoms with Crippen molar-refractivity contribution in [3.8, 4) is 17.2 Å². The summed E-state index contributed by atoms with van der Waals surface area (Å²) in [6.45, 7) is 0. The van der Waals surface area contributed by atoms with E-state index >= 15 is 0 Å². The maximum Gasteiger partial charge on any atom is 0.416 e. The molecule has 0 heterocycles. The summed E-state index contributed by atoms with van der Waals surface area (Å²) in [7, 11) is -0.226. The lowest BCUT2D eigenvalue weighted by atomic mass is 9.98. The standard InChI is InChI=1S/C36H45O3S.C8H5F3O2/c1-4-10-28(11-5-1)37-31-16-22-34(23-17-31)40(35-24-18-32(19-25-35)38-29-12-6-2-7-13-29)36-26-20-33(21-27-36)39-30-14-8-3-9-15-30;9-8(10,11)6-3-1-5(2-4-6)7(12)13/h16-30H,1-15H2;1-4H,(H,12,13)/q+1;/p-1. The predicted octanol–water partition coefficient (Wildman–Crippen LogP) is 11.0. The highest BCUT2D eigenvalue weighted by molar-refractivity contribution is 7.97. The van der Waals surface area contributed by atoms with E-state index in [4.69, 9.17) is 14.2 Å². The number of benzene rings is 4. The molecule has 0 bridgehead atoms. The monoisotopic (exact) mass is 746 g/mol. The van der Waals surface area contributed by atoms with Crippen LogP contribution < -0.4 is 19.3 Å². The van der Waals surface area contributed by atoms with Crippen LogP contribution in [0.2, 0.25) is 0 Å². The first-order valence-corrected chi connectivity index (χ1v) is 20.4. The van der Waals surface area contributed by atoms with E-state index in [1.807, 2.05) is 0 Å². The SMILES string of the molecule is O=C([O-])c1ccc(C(F)(F)F)cc1.c1cc([S+](c2ccc(OC3CCCCC3)cc2)c2ccc(OC3CCCCC3)cc2)ccc1OC1CCCCC1. The average molecular weight is 747 g/mol. The summed E-state index contributed by atoms with van der Waals surface area (Å²) in [4.78, 5) is 14.1. The Labute approximate surface area is 314 Å². The number of hydrogen-bond donors (Lipinski definition) is 0. The van der Waals surface area contributed by atoms with Crippen molar-refractivity contribution in [1.82, 2.24) is 0 Å². The van der Waals surface area contributed by atoms with Crippen molar-refractivity contribution in [2.24, 2.45) is 0 Å². The molecule has 3 aliphatic carbocycles. The van der Waals surface area contributed by atoms with E-state index in [0.717, 1.165) is 29.4 Å². The topological polar surface area (TPSA) is 67.8 Å². The van der Waals surface area contributed by atoms with Crippen molar-refractivity contribution in [3.63, 3.8) is 0 Å². The van der Waals surface area contributed by atoms with Crippen LogP contribution in [0.5, 0.6) is 17.2 Å². The molecule has 4 aromatic carbocycles. The molecule has 3 fully saturated rings. The van der Waals surface area contributed by atoms with Gasteiger partial charge in [0, 0.05) is 0 Å². The molecule has 9 heteroatoms. The summed E-state index contributed by atoms with van der Waals surface area (Å²) in [6, 6.07) is 29.7. The molecule has 0 N–H and O–H groups in total. The molecule has 0 amide bonds. The van der Waals surface area contributed by atoms with Crippen LogP contribution in [-0.2, 0) is 17.1 Å². The molecule has 0 saturated heterocycles. The third kappa shape index (κ3) is 11.4. The third-order valence-corrected chi connectivity index (χ3v) is 12.4. The summed E-state index contributed by atoms with van der Waals surface area (Å²) in [6.07, 6.45) is 15.5. The molecule has 3 aliphatic rings. The Bertz CT molecular complexity index is 1540. The number of ether oxygens (including phenoxy) is 3. The van der Waals surface area contributed by atoms with Crippen molar-refractivity contribution < 1.29 is 37.3 Å². The van der Waals surface area contributed by atoms with Crippen molar-refractivity contribution in [3.05, 3.63) is 108 Å². The highest BCUT2D eigenvalue weighted by atomic mass is 32.2. The lowest BCUT2D eigenvalue weighted by Crippen LogP contribution is -2.22. The van der Waals surface area contributed by atoms with Gasteiger partial charge in [0.2, 0.25) is 0 Å². The highest BCUT2D eigenvalue weighted by Crippen LogP contribution is 2.36. The second kappa shape index (κ2) is 18.8. The molecular weight excluding hydrogens is 698 g/mol. The Hall–Kier alpha value is -4.11. The molecule has 0 spiro atoms. The number of aromatic carboxylic acids is 1. The van der Waals surface area contributed by atoms with Crippen LogP contribution in [0, 0.1) is 0 Å². The lowest BCUT2D eigenvalue weighted by molar-refractivity contribution is -0.255. The minimum absolute atomic E-state index is 0.226. The molecule has 0 radical (unpaired) electrons. The van der Waals surface area contributed by atoms with E-state index in [-0.39, 0.29) is 16.5 Å². The van der Waals surface area contributed by atoms with Crippen molar-refractivity contribution in [1.29, 1.82) is 0 Å². The highest BCUT2D eigenvalue weighted by Gasteiger charge is 2.31. The second-order valence-electron chi connectivity index (χ2n) is 14.2. The van der Waals surface area contributed by atoms with Crippen LogP contribution >= 0.6 is 0 Å². The van der Waals surface area contributed by atoms with Gasteiger partial charge >= 0.3 is 6.18 Å². The Morgan fingerprint density at radius 3 is 1.06 bits per heavy atom. The minimum atomic E-state index is -4.44. The first-order chi connectivity index (χ1) is 25.7. The molecular formula is C44H49F3O5S. The van der Waals surface area contributed by atoms with Crippen LogP contribution in [0.15, 0.2) is 112 Å². The largest absolute Gasteiger partial charge is 0.545 e. The van der Waals surface area contributed by atoms with Gasteiger partial charge in [-0.3, -0.25) is 0 Å². The van der Waals surface area contributed by atoms with Gasteiger partial charge in [-0.2, -0.15) is 13.2 Å². The zero-order chi connectivity index (χ0) is 37.0. The van der Waals surface area contributed by atoms with Crippen LogP contribution in [0.1, 0.15) is 112 Å². The van der Waals surface area contributed by atoms with E-state index in [1.165, 1.54) is 111 Å². The Kier molecular flexibility index (Phi) is 13.7. The molecule has 5 nitrogen and oxygen atoms in total. The summed E-state index contributed by atoms with van der Waals surface area (Å²) in [5.41, 5.74) is -1.15. The van der Waals surface area contributed by atoms with Gasteiger partial charge in [0.25, 0.3) is 0 Å². The first kappa shape index (κ1) is 38.6. The van der Waals surface area contributed by atoms with E-state index in [1.54, 1.807) is 0 Å². The fraction of sp³-hybridized carbons (Fsp3) is 0.432. The molecule has 7 rings (SSSR count). The number of alkyl halides is 3. The predicted molar refractivity (Wildman–Crippen MR) is 200 cm³/mol. The molecule has 282 valence electrons. The van der Waals surface area contributed by atoms with Crippen molar-refractivity contribution >= 4 is 16.9 Å². The van der Waals surface area contributed by atoms with Gasteiger partial charge in [0.05, 0.1) is 40.7 Å². The van der Waals surface area contributed by atoms with E-state index in [0.29, 0.717) is 30.4 Å². The fourth-order valence-corrected chi connectivity index (χ4v) is 9.33. The zero-order valence-electron chi connectivity index (χ0n) is 30.2. The molecule has 0 aliphatic heterocycles. The number of halogens is 3. The summed E-state index contributed by atoms with van der Waals surface area (Å²) in [5, 5.41) is 10.2.